The number of halogens is 2. The number of piperazine rings is 1. The lowest BCUT2D eigenvalue weighted by Crippen LogP contribution is -2.57. The summed E-state index contributed by atoms with van der Waals surface area (Å²) in [5.41, 5.74) is 2.56. The number of alkyl halides is 1. The predicted molar refractivity (Wildman–Crippen MR) is 83.0 cm³/mol. The zero-order valence-corrected chi connectivity index (χ0v) is 13.6. The van der Waals surface area contributed by atoms with Crippen molar-refractivity contribution in [3.63, 3.8) is 0 Å². The summed E-state index contributed by atoms with van der Waals surface area (Å²) in [5, 5.41) is 1.70. The number of anilines is 1. The van der Waals surface area contributed by atoms with Crippen LogP contribution in [0.1, 0.15) is 19.4 Å². The van der Waals surface area contributed by atoms with Crippen LogP contribution < -0.4 is 4.90 Å². The third-order valence-electron chi connectivity index (χ3n) is 3.82. The second-order valence-corrected chi connectivity index (χ2v) is 6.54. The monoisotopic (exact) mass is 330 g/mol. The Labute approximate surface area is 123 Å². The molecule has 0 atom stereocenters. The first-order valence-electron chi connectivity index (χ1n) is 6.24. The van der Waals surface area contributed by atoms with Gasteiger partial charge in [-0.05, 0) is 38.6 Å². The number of rotatable bonds is 2. The molecule has 1 fully saturated rings. The molecule has 0 N–H and O–H groups in total. The standard InChI is InChI=1S/C14H20BrClN2/c1-14(2)10-18(7-6-17(14)3)13-5-4-11(9-15)8-12(13)16/h4-5,8H,6-7,9-10H2,1-3H3. The molecule has 0 radical (unpaired) electrons. The highest BCUT2D eigenvalue weighted by molar-refractivity contribution is 9.08. The third-order valence-corrected chi connectivity index (χ3v) is 4.77. The van der Waals surface area contributed by atoms with Gasteiger partial charge in [0.2, 0.25) is 0 Å². The quantitative estimate of drug-likeness (QED) is 0.761. The van der Waals surface area contributed by atoms with Crippen molar-refractivity contribution in [3.8, 4) is 0 Å². The average molecular weight is 332 g/mol. The molecule has 2 nitrogen and oxygen atoms in total. The highest BCUT2D eigenvalue weighted by atomic mass is 79.9. The van der Waals surface area contributed by atoms with Crippen LogP contribution in [0.25, 0.3) is 0 Å². The van der Waals surface area contributed by atoms with E-state index in [4.69, 9.17) is 11.6 Å². The summed E-state index contributed by atoms with van der Waals surface area (Å²) in [6.07, 6.45) is 0. The Morgan fingerprint density at radius 2 is 2.06 bits per heavy atom. The van der Waals surface area contributed by atoms with E-state index in [1.165, 1.54) is 5.56 Å². The van der Waals surface area contributed by atoms with Crippen LogP contribution in [-0.2, 0) is 5.33 Å². The average Bonchev–Trinajstić information content (AvgIpc) is 2.32. The maximum atomic E-state index is 6.39. The van der Waals surface area contributed by atoms with Crippen molar-refractivity contribution in [1.29, 1.82) is 0 Å². The van der Waals surface area contributed by atoms with Gasteiger partial charge in [-0.1, -0.05) is 33.6 Å². The fraction of sp³-hybridized carbons (Fsp3) is 0.571. The van der Waals surface area contributed by atoms with Crippen LogP contribution in [0.4, 0.5) is 5.69 Å². The Bertz CT molecular complexity index is 434. The summed E-state index contributed by atoms with van der Waals surface area (Å²) in [4.78, 5) is 4.80. The Kier molecular flexibility index (Phi) is 4.25. The van der Waals surface area contributed by atoms with E-state index in [9.17, 15) is 0 Å². The van der Waals surface area contributed by atoms with E-state index >= 15 is 0 Å². The number of likely N-dealkylation sites (N-methyl/N-ethyl adjacent to an activating group) is 1. The summed E-state index contributed by atoms with van der Waals surface area (Å²) in [5.74, 6) is 0. The Morgan fingerprint density at radius 3 is 2.61 bits per heavy atom. The summed E-state index contributed by atoms with van der Waals surface area (Å²) in [6.45, 7) is 7.67. The van der Waals surface area contributed by atoms with Gasteiger partial charge < -0.3 is 4.90 Å². The van der Waals surface area contributed by atoms with Gasteiger partial charge in [-0.15, -0.1) is 0 Å². The molecule has 1 aliphatic heterocycles. The van der Waals surface area contributed by atoms with Gasteiger partial charge in [0.15, 0.2) is 0 Å². The lowest BCUT2D eigenvalue weighted by Gasteiger charge is -2.46. The van der Waals surface area contributed by atoms with Gasteiger partial charge in [0, 0.05) is 30.5 Å². The van der Waals surface area contributed by atoms with Crippen molar-refractivity contribution in [2.24, 2.45) is 0 Å². The molecular formula is C14H20BrClN2. The molecule has 1 aromatic carbocycles. The van der Waals surface area contributed by atoms with E-state index in [-0.39, 0.29) is 5.54 Å². The van der Waals surface area contributed by atoms with Crippen molar-refractivity contribution < 1.29 is 0 Å². The number of hydrogen-bond acceptors (Lipinski definition) is 2. The minimum atomic E-state index is 0.190. The van der Waals surface area contributed by atoms with Crippen LogP contribution in [-0.4, -0.2) is 37.1 Å². The van der Waals surface area contributed by atoms with E-state index in [0.717, 1.165) is 35.7 Å². The first kappa shape index (κ1) is 14.2. The molecule has 1 aromatic rings. The fourth-order valence-corrected chi connectivity index (χ4v) is 3.01. The van der Waals surface area contributed by atoms with Gasteiger partial charge in [0.1, 0.15) is 0 Å². The van der Waals surface area contributed by atoms with E-state index < -0.39 is 0 Å². The zero-order chi connectivity index (χ0) is 13.3. The van der Waals surface area contributed by atoms with E-state index in [0.29, 0.717) is 0 Å². The summed E-state index contributed by atoms with van der Waals surface area (Å²) >= 11 is 9.85. The smallest absolute Gasteiger partial charge is 0.0642 e. The number of hydrogen-bond donors (Lipinski definition) is 0. The highest BCUT2D eigenvalue weighted by Crippen LogP contribution is 2.31. The van der Waals surface area contributed by atoms with Crippen LogP contribution in [0.2, 0.25) is 5.02 Å². The van der Waals surface area contributed by atoms with Crippen LogP contribution in [0, 0.1) is 0 Å². The molecule has 0 saturated carbocycles. The Morgan fingerprint density at radius 1 is 1.33 bits per heavy atom. The first-order valence-corrected chi connectivity index (χ1v) is 7.74. The Hall–Kier alpha value is -0.250. The topological polar surface area (TPSA) is 6.48 Å². The maximum Gasteiger partial charge on any atom is 0.0642 e. The van der Waals surface area contributed by atoms with E-state index in [2.05, 4.69) is 64.8 Å². The SMILES string of the molecule is CN1CCN(c2ccc(CBr)cc2Cl)CC1(C)C. The molecule has 1 saturated heterocycles. The maximum absolute atomic E-state index is 6.39. The number of nitrogens with zero attached hydrogens (tertiary/aromatic N) is 2. The molecular weight excluding hydrogens is 312 g/mol. The normalized spacial score (nSPS) is 20.2. The molecule has 18 heavy (non-hydrogen) atoms. The van der Waals surface area contributed by atoms with Crippen LogP contribution in [0.3, 0.4) is 0 Å². The second-order valence-electron chi connectivity index (χ2n) is 5.57. The van der Waals surface area contributed by atoms with Crippen molar-refractivity contribution in [2.75, 3.05) is 31.6 Å². The van der Waals surface area contributed by atoms with Crippen LogP contribution in [0.5, 0.6) is 0 Å². The Balaban J connectivity index is 2.22. The molecule has 0 spiro atoms. The van der Waals surface area contributed by atoms with Crippen LogP contribution >= 0.6 is 27.5 Å². The molecule has 4 heteroatoms. The summed E-state index contributed by atoms with van der Waals surface area (Å²) < 4.78 is 0. The largest absolute Gasteiger partial charge is 0.367 e. The zero-order valence-electron chi connectivity index (χ0n) is 11.2. The molecule has 100 valence electrons. The third kappa shape index (κ3) is 2.84. The molecule has 2 rings (SSSR count). The van der Waals surface area contributed by atoms with Crippen molar-refractivity contribution in [3.05, 3.63) is 28.8 Å². The molecule has 0 aliphatic carbocycles. The van der Waals surface area contributed by atoms with Gasteiger partial charge in [0.05, 0.1) is 10.7 Å². The van der Waals surface area contributed by atoms with E-state index in [1.54, 1.807) is 0 Å². The van der Waals surface area contributed by atoms with Crippen molar-refractivity contribution >= 4 is 33.2 Å². The highest BCUT2D eigenvalue weighted by Gasteiger charge is 2.31. The lowest BCUT2D eigenvalue weighted by molar-refractivity contribution is 0.139. The van der Waals surface area contributed by atoms with Gasteiger partial charge in [-0.2, -0.15) is 0 Å². The fourth-order valence-electron chi connectivity index (χ4n) is 2.34. The molecule has 1 heterocycles. The van der Waals surface area contributed by atoms with E-state index in [1.807, 2.05) is 0 Å². The molecule has 0 amide bonds. The molecule has 0 aromatic heterocycles. The molecule has 0 unspecified atom stereocenters. The minimum Gasteiger partial charge on any atom is -0.367 e. The summed E-state index contributed by atoms with van der Waals surface area (Å²) in [6, 6.07) is 6.33. The van der Waals surface area contributed by atoms with Gasteiger partial charge in [0.25, 0.3) is 0 Å². The lowest BCUT2D eigenvalue weighted by atomic mass is 9.99. The van der Waals surface area contributed by atoms with Gasteiger partial charge in [-0.3, -0.25) is 4.90 Å². The second kappa shape index (κ2) is 5.40. The van der Waals surface area contributed by atoms with Gasteiger partial charge in [-0.25, -0.2) is 0 Å². The van der Waals surface area contributed by atoms with Gasteiger partial charge >= 0.3 is 0 Å². The van der Waals surface area contributed by atoms with Crippen molar-refractivity contribution in [2.45, 2.75) is 24.7 Å². The molecule has 1 aliphatic rings. The van der Waals surface area contributed by atoms with Crippen molar-refractivity contribution in [1.82, 2.24) is 4.90 Å². The predicted octanol–water partition coefficient (Wildman–Crippen LogP) is 3.77. The first-order chi connectivity index (χ1) is 8.44. The van der Waals surface area contributed by atoms with Crippen LogP contribution in [0.15, 0.2) is 18.2 Å². The minimum absolute atomic E-state index is 0.190. The summed E-state index contributed by atoms with van der Waals surface area (Å²) in [7, 11) is 2.19. The number of benzene rings is 1. The molecule has 0 bridgehead atoms.